The topological polar surface area (TPSA) is 90.9 Å². The van der Waals surface area contributed by atoms with Gasteiger partial charge in [-0.05, 0) is 11.6 Å². The molecule has 2 aromatic carbocycles. The predicted octanol–water partition coefficient (Wildman–Crippen LogP) is 1.58. The normalized spacial score (nSPS) is 11.5. The SMILES string of the molecule is NS(=O)(=O)c1cccc(-c2ccccc2)c1-n1ccnn1. The van der Waals surface area contributed by atoms with Gasteiger partial charge in [0.25, 0.3) is 0 Å². The molecule has 0 radical (unpaired) electrons. The van der Waals surface area contributed by atoms with E-state index in [1.165, 1.54) is 16.9 Å². The van der Waals surface area contributed by atoms with Gasteiger partial charge in [-0.3, -0.25) is 0 Å². The Labute approximate surface area is 121 Å². The highest BCUT2D eigenvalue weighted by atomic mass is 32.2. The van der Waals surface area contributed by atoms with Crippen molar-refractivity contribution in [1.29, 1.82) is 0 Å². The van der Waals surface area contributed by atoms with E-state index in [0.717, 1.165) is 5.56 Å². The summed E-state index contributed by atoms with van der Waals surface area (Å²) < 4.78 is 25.1. The fraction of sp³-hybridized carbons (Fsp3) is 0. The number of nitrogens with zero attached hydrogens (tertiary/aromatic N) is 3. The summed E-state index contributed by atoms with van der Waals surface area (Å²) in [7, 11) is -3.88. The molecule has 0 saturated heterocycles. The van der Waals surface area contributed by atoms with Gasteiger partial charge in [0, 0.05) is 5.56 Å². The van der Waals surface area contributed by atoms with Crippen molar-refractivity contribution in [3.05, 3.63) is 60.9 Å². The second kappa shape index (κ2) is 5.12. The molecule has 2 N–H and O–H groups in total. The lowest BCUT2D eigenvalue weighted by Crippen LogP contribution is -2.16. The van der Waals surface area contributed by atoms with Crippen LogP contribution in [-0.4, -0.2) is 23.4 Å². The fourth-order valence-electron chi connectivity index (χ4n) is 2.17. The number of primary sulfonamides is 1. The van der Waals surface area contributed by atoms with Crippen LogP contribution >= 0.6 is 0 Å². The third kappa shape index (κ3) is 2.56. The van der Waals surface area contributed by atoms with Crippen LogP contribution in [0.5, 0.6) is 0 Å². The number of hydrogen-bond donors (Lipinski definition) is 1. The Morgan fingerprint density at radius 1 is 1.00 bits per heavy atom. The first kappa shape index (κ1) is 13.5. The number of nitrogens with two attached hydrogens (primary N) is 1. The summed E-state index contributed by atoms with van der Waals surface area (Å²) in [6, 6.07) is 14.4. The number of para-hydroxylation sites is 1. The van der Waals surface area contributed by atoms with E-state index >= 15 is 0 Å². The first-order valence-corrected chi connectivity index (χ1v) is 7.70. The quantitative estimate of drug-likeness (QED) is 0.795. The first-order valence-electron chi connectivity index (χ1n) is 6.15. The summed E-state index contributed by atoms with van der Waals surface area (Å²) in [6.07, 6.45) is 3.06. The van der Waals surface area contributed by atoms with Crippen molar-refractivity contribution >= 4 is 10.0 Å². The molecule has 1 heterocycles. The van der Waals surface area contributed by atoms with Gasteiger partial charge in [0.2, 0.25) is 10.0 Å². The van der Waals surface area contributed by atoms with Crippen LogP contribution in [0.4, 0.5) is 0 Å². The van der Waals surface area contributed by atoms with Crippen LogP contribution in [0.1, 0.15) is 0 Å². The fourth-order valence-corrected chi connectivity index (χ4v) is 2.91. The molecule has 0 aliphatic carbocycles. The molecule has 0 amide bonds. The smallest absolute Gasteiger partial charge is 0.225 e. The Hall–Kier alpha value is -2.51. The highest BCUT2D eigenvalue weighted by Crippen LogP contribution is 2.30. The number of benzene rings is 2. The van der Waals surface area contributed by atoms with Gasteiger partial charge < -0.3 is 0 Å². The molecular formula is C14H12N4O2S. The van der Waals surface area contributed by atoms with Crippen LogP contribution in [0.25, 0.3) is 16.8 Å². The number of aromatic nitrogens is 3. The van der Waals surface area contributed by atoms with Crippen molar-refractivity contribution in [2.24, 2.45) is 5.14 Å². The molecule has 7 heteroatoms. The van der Waals surface area contributed by atoms with Gasteiger partial charge in [0.1, 0.15) is 4.90 Å². The largest absolute Gasteiger partial charge is 0.240 e. The summed E-state index contributed by atoms with van der Waals surface area (Å²) in [5.41, 5.74) is 1.98. The highest BCUT2D eigenvalue weighted by Gasteiger charge is 2.20. The molecule has 0 aliphatic rings. The summed E-state index contributed by atoms with van der Waals surface area (Å²) in [4.78, 5) is 0.00866. The summed E-state index contributed by atoms with van der Waals surface area (Å²) in [6.45, 7) is 0. The van der Waals surface area contributed by atoms with E-state index in [9.17, 15) is 8.42 Å². The highest BCUT2D eigenvalue weighted by molar-refractivity contribution is 7.89. The third-order valence-electron chi connectivity index (χ3n) is 3.04. The lowest BCUT2D eigenvalue weighted by Gasteiger charge is -2.13. The predicted molar refractivity (Wildman–Crippen MR) is 78.2 cm³/mol. The van der Waals surface area contributed by atoms with Crippen molar-refractivity contribution in [3.8, 4) is 16.8 Å². The molecule has 21 heavy (non-hydrogen) atoms. The van der Waals surface area contributed by atoms with Crippen LogP contribution in [0.3, 0.4) is 0 Å². The third-order valence-corrected chi connectivity index (χ3v) is 3.98. The molecule has 0 unspecified atom stereocenters. The number of sulfonamides is 1. The second-order valence-electron chi connectivity index (χ2n) is 4.41. The van der Waals surface area contributed by atoms with Crippen molar-refractivity contribution in [2.75, 3.05) is 0 Å². The molecule has 0 spiro atoms. The lowest BCUT2D eigenvalue weighted by molar-refractivity contribution is 0.596. The molecule has 6 nitrogen and oxygen atoms in total. The van der Waals surface area contributed by atoms with Crippen molar-refractivity contribution in [1.82, 2.24) is 15.0 Å². The van der Waals surface area contributed by atoms with Gasteiger partial charge in [0.15, 0.2) is 0 Å². The number of rotatable bonds is 3. The van der Waals surface area contributed by atoms with E-state index in [1.807, 2.05) is 36.4 Å². The first-order chi connectivity index (χ1) is 10.1. The summed E-state index contributed by atoms with van der Waals surface area (Å²) >= 11 is 0. The van der Waals surface area contributed by atoms with E-state index in [0.29, 0.717) is 11.3 Å². The average molecular weight is 300 g/mol. The van der Waals surface area contributed by atoms with Gasteiger partial charge in [-0.1, -0.05) is 47.7 Å². The van der Waals surface area contributed by atoms with Gasteiger partial charge >= 0.3 is 0 Å². The average Bonchev–Trinajstić information content (AvgIpc) is 3.00. The molecule has 0 fully saturated rings. The van der Waals surface area contributed by atoms with Gasteiger partial charge in [-0.25, -0.2) is 18.2 Å². The molecule has 0 aliphatic heterocycles. The maximum absolute atomic E-state index is 11.8. The van der Waals surface area contributed by atoms with Crippen molar-refractivity contribution < 1.29 is 8.42 Å². The van der Waals surface area contributed by atoms with E-state index < -0.39 is 10.0 Å². The molecule has 0 atom stereocenters. The van der Waals surface area contributed by atoms with Crippen molar-refractivity contribution in [3.63, 3.8) is 0 Å². The monoisotopic (exact) mass is 300 g/mol. The maximum Gasteiger partial charge on any atom is 0.240 e. The Kier molecular flexibility index (Phi) is 3.28. The van der Waals surface area contributed by atoms with Crippen LogP contribution < -0.4 is 5.14 Å². The zero-order valence-corrected chi connectivity index (χ0v) is 11.7. The van der Waals surface area contributed by atoms with Crippen LogP contribution in [0.2, 0.25) is 0 Å². The van der Waals surface area contributed by atoms with Gasteiger partial charge in [-0.15, -0.1) is 5.10 Å². The molecule has 1 aromatic heterocycles. The van der Waals surface area contributed by atoms with E-state index in [2.05, 4.69) is 10.3 Å². The van der Waals surface area contributed by atoms with E-state index in [1.54, 1.807) is 12.3 Å². The Bertz CT molecular complexity index is 859. The minimum Gasteiger partial charge on any atom is -0.225 e. The molecule has 3 rings (SSSR count). The zero-order chi connectivity index (χ0) is 14.9. The van der Waals surface area contributed by atoms with Gasteiger partial charge in [-0.2, -0.15) is 0 Å². The summed E-state index contributed by atoms with van der Waals surface area (Å²) in [5.74, 6) is 0. The zero-order valence-electron chi connectivity index (χ0n) is 10.9. The van der Waals surface area contributed by atoms with Crippen molar-refractivity contribution in [2.45, 2.75) is 4.90 Å². The molecule has 0 bridgehead atoms. The van der Waals surface area contributed by atoms with Gasteiger partial charge in [0.05, 0.1) is 18.1 Å². The minimum absolute atomic E-state index is 0.00866. The van der Waals surface area contributed by atoms with Crippen LogP contribution in [-0.2, 0) is 10.0 Å². The Morgan fingerprint density at radius 3 is 2.38 bits per heavy atom. The van der Waals surface area contributed by atoms with E-state index in [-0.39, 0.29) is 4.90 Å². The summed E-state index contributed by atoms with van der Waals surface area (Å²) in [5, 5.41) is 12.9. The van der Waals surface area contributed by atoms with Crippen LogP contribution in [0, 0.1) is 0 Å². The molecule has 3 aromatic rings. The second-order valence-corrected chi connectivity index (χ2v) is 5.94. The molecule has 0 saturated carbocycles. The molecular weight excluding hydrogens is 288 g/mol. The Balaban J connectivity index is 2.36. The molecule has 106 valence electrons. The number of hydrogen-bond acceptors (Lipinski definition) is 4. The lowest BCUT2D eigenvalue weighted by atomic mass is 10.0. The minimum atomic E-state index is -3.88. The van der Waals surface area contributed by atoms with E-state index in [4.69, 9.17) is 5.14 Å². The standard InChI is InChI=1S/C14H12N4O2S/c15-21(19,20)13-8-4-7-12(11-5-2-1-3-6-11)14(13)18-10-9-16-17-18/h1-10H,(H2,15,19,20). The Morgan fingerprint density at radius 2 is 1.76 bits per heavy atom. The van der Waals surface area contributed by atoms with Crippen LogP contribution in [0.15, 0.2) is 65.8 Å². The maximum atomic E-state index is 11.8.